The highest BCUT2D eigenvalue weighted by molar-refractivity contribution is 5.98. The van der Waals surface area contributed by atoms with Crippen molar-refractivity contribution in [2.45, 2.75) is 0 Å². The van der Waals surface area contributed by atoms with Crippen LogP contribution in [0.2, 0.25) is 0 Å². The van der Waals surface area contributed by atoms with Crippen molar-refractivity contribution in [3.8, 4) is 0 Å². The van der Waals surface area contributed by atoms with Gasteiger partial charge in [-0.25, -0.2) is 0 Å². The first kappa shape index (κ1) is 7.86. The molecule has 0 saturated carbocycles. The molecule has 1 aromatic carbocycles. The molecule has 0 amide bonds. The summed E-state index contributed by atoms with van der Waals surface area (Å²) in [6.45, 7) is 0. The second-order valence-electron chi connectivity index (χ2n) is 2.85. The van der Waals surface area contributed by atoms with Crippen molar-refractivity contribution in [3.05, 3.63) is 30.5 Å². The van der Waals surface area contributed by atoms with Gasteiger partial charge in [-0.05, 0) is 24.3 Å². The van der Waals surface area contributed by atoms with Crippen LogP contribution in [0, 0.1) is 0 Å². The SMILES string of the molecule is CNc1ccc(N)c2cccnc12. The fourth-order valence-corrected chi connectivity index (χ4v) is 1.40. The van der Waals surface area contributed by atoms with Gasteiger partial charge in [0.15, 0.2) is 0 Å². The van der Waals surface area contributed by atoms with E-state index in [-0.39, 0.29) is 0 Å². The standard InChI is InChI=1S/C10H11N3/c1-12-9-5-4-8(11)7-3-2-6-13-10(7)9/h2-6,12H,11H2,1H3. The van der Waals surface area contributed by atoms with Crippen molar-refractivity contribution in [2.24, 2.45) is 0 Å². The topological polar surface area (TPSA) is 50.9 Å². The lowest BCUT2D eigenvalue weighted by Gasteiger charge is -2.06. The molecule has 0 fully saturated rings. The van der Waals surface area contributed by atoms with Crippen molar-refractivity contribution < 1.29 is 0 Å². The molecule has 0 unspecified atom stereocenters. The molecule has 0 spiro atoms. The quantitative estimate of drug-likeness (QED) is 0.647. The summed E-state index contributed by atoms with van der Waals surface area (Å²) in [5, 5.41) is 4.07. The van der Waals surface area contributed by atoms with Gasteiger partial charge in [0.1, 0.15) is 0 Å². The predicted octanol–water partition coefficient (Wildman–Crippen LogP) is 1.86. The molecule has 0 aliphatic rings. The Morgan fingerprint density at radius 3 is 2.92 bits per heavy atom. The monoisotopic (exact) mass is 173 g/mol. The summed E-state index contributed by atoms with van der Waals surface area (Å²) in [4.78, 5) is 4.27. The Bertz CT molecular complexity index is 437. The van der Waals surface area contributed by atoms with Crippen molar-refractivity contribution in [1.82, 2.24) is 4.98 Å². The first-order chi connectivity index (χ1) is 6.33. The number of nitrogens with zero attached hydrogens (tertiary/aromatic N) is 1. The summed E-state index contributed by atoms with van der Waals surface area (Å²) in [7, 11) is 1.87. The third-order valence-corrected chi connectivity index (χ3v) is 2.07. The molecule has 1 aromatic heterocycles. The van der Waals surface area contributed by atoms with Gasteiger partial charge in [-0.15, -0.1) is 0 Å². The van der Waals surface area contributed by atoms with Gasteiger partial charge in [-0.1, -0.05) is 0 Å². The molecule has 0 aliphatic carbocycles. The third-order valence-electron chi connectivity index (χ3n) is 2.07. The fraction of sp³-hybridized carbons (Fsp3) is 0.100. The third kappa shape index (κ3) is 1.18. The van der Waals surface area contributed by atoms with Crippen LogP contribution < -0.4 is 11.1 Å². The number of fused-ring (bicyclic) bond motifs is 1. The maximum absolute atomic E-state index is 5.81. The predicted molar refractivity (Wildman–Crippen MR) is 55.7 cm³/mol. The van der Waals surface area contributed by atoms with E-state index in [0.717, 1.165) is 22.3 Å². The Morgan fingerprint density at radius 2 is 2.15 bits per heavy atom. The molecule has 0 aliphatic heterocycles. The van der Waals surface area contributed by atoms with Gasteiger partial charge in [0, 0.05) is 24.3 Å². The zero-order valence-corrected chi connectivity index (χ0v) is 7.41. The average Bonchev–Trinajstić information content (AvgIpc) is 2.19. The van der Waals surface area contributed by atoms with Gasteiger partial charge in [0.2, 0.25) is 0 Å². The molecule has 0 bridgehead atoms. The van der Waals surface area contributed by atoms with E-state index in [9.17, 15) is 0 Å². The summed E-state index contributed by atoms with van der Waals surface area (Å²) in [5.74, 6) is 0. The molecule has 0 atom stereocenters. The van der Waals surface area contributed by atoms with Crippen molar-refractivity contribution >= 4 is 22.3 Å². The Balaban J connectivity index is 2.84. The molecule has 3 heteroatoms. The normalized spacial score (nSPS) is 10.2. The van der Waals surface area contributed by atoms with Crippen LogP contribution >= 0.6 is 0 Å². The number of nitrogens with one attached hydrogen (secondary N) is 1. The number of hydrogen-bond donors (Lipinski definition) is 2. The van der Waals surface area contributed by atoms with Crippen LogP contribution in [-0.2, 0) is 0 Å². The highest BCUT2D eigenvalue weighted by Gasteiger charge is 2.01. The molecular formula is C10H11N3. The van der Waals surface area contributed by atoms with E-state index in [4.69, 9.17) is 5.73 Å². The number of nitrogen functional groups attached to an aromatic ring is 1. The van der Waals surface area contributed by atoms with Crippen LogP contribution in [0.3, 0.4) is 0 Å². The molecule has 2 rings (SSSR count). The van der Waals surface area contributed by atoms with Crippen LogP contribution in [0.4, 0.5) is 11.4 Å². The largest absolute Gasteiger partial charge is 0.398 e. The fourth-order valence-electron chi connectivity index (χ4n) is 1.40. The van der Waals surface area contributed by atoms with E-state index in [1.54, 1.807) is 6.20 Å². The Hall–Kier alpha value is -1.77. The first-order valence-electron chi connectivity index (χ1n) is 4.14. The Morgan fingerprint density at radius 1 is 1.31 bits per heavy atom. The van der Waals surface area contributed by atoms with Gasteiger partial charge in [-0.2, -0.15) is 0 Å². The molecular weight excluding hydrogens is 162 g/mol. The molecule has 1 heterocycles. The first-order valence-corrected chi connectivity index (χ1v) is 4.14. The van der Waals surface area contributed by atoms with E-state index in [1.807, 2.05) is 31.3 Å². The highest BCUT2D eigenvalue weighted by Crippen LogP contribution is 2.25. The minimum atomic E-state index is 0.766. The molecule has 2 aromatic rings. The molecule has 3 nitrogen and oxygen atoms in total. The lowest BCUT2D eigenvalue weighted by atomic mass is 10.1. The summed E-state index contributed by atoms with van der Waals surface area (Å²) >= 11 is 0. The average molecular weight is 173 g/mol. The van der Waals surface area contributed by atoms with Crippen LogP contribution in [0.5, 0.6) is 0 Å². The number of benzene rings is 1. The van der Waals surface area contributed by atoms with Crippen molar-refractivity contribution in [3.63, 3.8) is 0 Å². The molecule has 0 radical (unpaired) electrons. The number of hydrogen-bond acceptors (Lipinski definition) is 3. The van der Waals surface area contributed by atoms with E-state index >= 15 is 0 Å². The summed E-state index contributed by atoms with van der Waals surface area (Å²) in [5.41, 5.74) is 8.50. The Kier molecular flexibility index (Phi) is 1.77. The molecule has 0 saturated heterocycles. The van der Waals surface area contributed by atoms with E-state index < -0.39 is 0 Å². The second kappa shape index (κ2) is 2.94. The molecule has 3 N–H and O–H groups in total. The van der Waals surface area contributed by atoms with Gasteiger partial charge in [0.25, 0.3) is 0 Å². The van der Waals surface area contributed by atoms with Gasteiger partial charge in [0.05, 0.1) is 11.2 Å². The number of anilines is 2. The van der Waals surface area contributed by atoms with E-state index in [2.05, 4.69) is 10.3 Å². The minimum Gasteiger partial charge on any atom is -0.398 e. The van der Waals surface area contributed by atoms with Crippen LogP contribution in [-0.4, -0.2) is 12.0 Å². The van der Waals surface area contributed by atoms with Gasteiger partial charge in [-0.3, -0.25) is 4.98 Å². The van der Waals surface area contributed by atoms with Crippen LogP contribution in [0.1, 0.15) is 0 Å². The van der Waals surface area contributed by atoms with Crippen LogP contribution in [0.15, 0.2) is 30.5 Å². The second-order valence-corrected chi connectivity index (χ2v) is 2.85. The highest BCUT2D eigenvalue weighted by atomic mass is 14.9. The summed E-state index contributed by atoms with van der Waals surface area (Å²) in [6, 6.07) is 7.68. The summed E-state index contributed by atoms with van der Waals surface area (Å²) in [6.07, 6.45) is 1.77. The minimum absolute atomic E-state index is 0.766. The number of nitrogens with two attached hydrogens (primary N) is 1. The van der Waals surface area contributed by atoms with Crippen molar-refractivity contribution in [1.29, 1.82) is 0 Å². The maximum Gasteiger partial charge on any atom is 0.0953 e. The smallest absolute Gasteiger partial charge is 0.0953 e. The lowest BCUT2D eigenvalue weighted by molar-refractivity contribution is 1.40. The number of rotatable bonds is 1. The number of pyridine rings is 1. The lowest BCUT2D eigenvalue weighted by Crippen LogP contribution is -1.94. The maximum atomic E-state index is 5.81. The van der Waals surface area contributed by atoms with E-state index in [0.29, 0.717) is 0 Å². The summed E-state index contributed by atoms with van der Waals surface area (Å²) < 4.78 is 0. The molecule has 13 heavy (non-hydrogen) atoms. The van der Waals surface area contributed by atoms with E-state index in [1.165, 1.54) is 0 Å². The van der Waals surface area contributed by atoms with Crippen molar-refractivity contribution in [2.75, 3.05) is 18.1 Å². The zero-order chi connectivity index (χ0) is 9.26. The number of aromatic nitrogens is 1. The zero-order valence-electron chi connectivity index (χ0n) is 7.41. The molecule has 66 valence electrons. The van der Waals surface area contributed by atoms with Gasteiger partial charge >= 0.3 is 0 Å². The van der Waals surface area contributed by atoms with Crippen LogP contribution in [0.25, 0.3) is 10.9 Å². The van der Waals surface area contributed by atoms with Gasteiger partial charge < -0.3 is 11.1 Å². The Labute approximate surface area is 76.6 Å².